The van der Waals surface area contributed by atoms with Crippen molar-refractivity contribution < 1.29 is 18.0 Å². The van der Waals surface area contributed by atoms with E-state index < -0.39 is 10.0 Å². The topological polar surface area (TPSA) is 98.8 Å². The van der Waals surface area contributed by atoms with Crippen molar-refractivity contribution in [1.82, 2.24) is 4.90 Å². The highest BCUT2D eigenvalue weighted by Crippen LogP contribution is 2.37. The Kier molecular flexibility index (Phi) is 8.16. The first-order chi connectivity index (χ1) is 18.2. The minimum Gasteiger partial charge on any atom is -0.354 e. The smallest absolute Gasteiger partial charge is 0.258 e. The minimum absolute atomic E-state index is 0.0387. The van der Waals surface area contributed by atoms with E-state index >= 15 is 0 Å². The van der Waals surface area contributed by atoms with Gasteiger partial charge in [0.2, 0.25) is 15.9 Å². The van der Waals surface area contributed by atoms with E-state index in [0.29, 0.717) is 29.1 Å². The van der Waals surface area contributed by atoms with Gasteiger partial charge in [-0.3, -0.25) is 13.9 Å². The summed E-state index contributed by atoms with van der Waals surface area (Å²) in [6.45, 7) is 1.65. The summed E-state index contributed by atoms with van der Waals surface area (Å²) in [7, 11) is -0.497. The summed E-state index contributed by atoms with van der Waals surface area (Å²) < 4.78 is 27.4. The molecule has 9 heteroatoms. The quantitative estimate of drug-likeness (QED) is 0.371. The molecule has 8 nitrogen and oxygen atoms in total. The first-order valence-electron chi connectivity index (χ1n) is 12.5. The van der Waals surface area contributed by atoms with Gasteiger partial charge in [0.05, 0.1) is 22.7 Å². The van der Waals surface area contributed by atoms with Gasteiger partial charge < -0.3 is 15.5 Å². The highest BCUT2D eigenvalue weighted by atomic mass is 32.2. The largest absolute Gasteiger partial charge is 0.354 e. The van der Waals surface area contributed by atoms with E-state index in [9.17, 15) is 18.0 Å². The minimum atomic E-state index is -3.70. The summed E-state index contributed by atoms with van der Waals surface area (Å²) in [5.41, 5.74) is 4.61. The predicted octanol–water partition coefficient (Wildman–Crippen LogP) is 4.64. The van der Waals surface area contributed by atoms with Gasteiger partial charge in [-0.15, -0.1) is 0 Å². The van der Waals surface area contributed by atoms with Gasteiger partial charge in [0, 0.05) is 31.0 Å². The number of hydrogen-bond acceptors (Lipinski definition) is 5. The molecular weight excluding hydrogens is 500 g/mol. The van der Waals surface area contributed by atoms with Crippen LogP contribution in [-0.2, 0) is 19.6 Å². The number of nitrogens with zero attached hydrogens (tertiary/aromatic N) is 2. The number of hydrogen-bond donors (Lipinski definition) is 2. The van der Waals surface area contributed by atoms with Crippen LogP contribution in [0, 0.1) is 0 Å². The Balaban J connectivity index is 1.71. The molecule has 1 aliphatic rings. The lowest BCUT2D eigenvalue weighted by Crippen LogP contribution is -2.41. The first-order valence-corrected chi connectivity index (χ1v) is 14.1. The Morgan fingerprint density at radius 3 is 2.24 bits per heavy atom. The summed E-state index contributed by atoms with van der Waals surface area (Å²) in [6, 6.07) is 23.9. The second-order valence-electron chi connectivity index (χ2n) is 9.25. The molecule has 0 aromatic heterocycles. The lowest BCUT2D eigenvalue weighted by Gasteiger charge is -2.25. The van der Waals surface area contributed by atoms with Crippen molar-refractivity contribution in [2.75, 3.05) is 41.3 Å². The molecule has 38 heavy (non-hydrogen) atoms. The molecule has 198 valence electrons. The number of para-hydroxylation sites is 1. The van der Waals surface area contributed by atoms with Gasteiger partial charge in [-0.25, -0.2) is 8.42 Å². The Bertz CT molecular complexity index is 1450. The zero-order chi connectivity index (χ0) is 27.3. The van der Waals surface area contributed by atoms with Crippen LogP contribution in [0.1, 0.15) is 30.9 Å². The van der Waals surface area contributed by atoms with Crippen molar-refractivity contribution in [1.29, 1.82) is 0 Å². The Morgan fingerprint density at radius 1 is 0.921 bits per heavy atom. The fraction of sp³-hybridized carbons (Fsp3) is 0.241. The monoisotopic (exact) mass is 532 g/mol. The summed E-state index contributed by atoms with van der Waals surface area (Å²) in [5, 5.41) is 6.30. The van der Waals surface area contributed by atoms with Gasteiger partial charge in [0.25, 0.3) is 5.91 Å². The number of carbonyl (C=O) groups excluding carboxylic acids is 2. The van der Waals surface area contributed by atoms with E-state index in [1.54, 1.807) is 38.4 Å². The van der Waals surface area contributed by atoms with Gasteiger partial charge in [-0.2, -0.15) is 0 Å². The molecule has 0 aliphatic carbocycles. The van der Waals surface area contributed by atoms with Crippen molar-refractivity contribution in [3.05, 3.63) is 90.0 Å². The van der Waals surface area contributed by atoms with Crippen LogP contribution in [0.15, 0.2) is 78.9 Å². The Hall–Kier alpha value is -4.11. The number of benzene rings is 3. The number of likely N-dealkylation sites (N-methyl/N-ethyl adjacent to an activating group) is 1. The number of rotatable bonds is 10. The molecule has 0 saturated heterocycles. The van der Waals surface area contributed by atoms with Crippen molar-refractivity contribution in [3.63, 3.8) is 0 Å². The molecular formula is C29H32N4O4S. The second-order valence-corrected chi connectivity index (χ2v) is 11.3. The van der Waals surface area contributed by atoms with Crippen LogP contribution in [0.2, 0.25) is 0 Å². The lowest BCUT2D eigenvalue weighted by molar-refractivity contribution is -0.127. The number of fused-ring (bicyclic) bond motifs is 1. The molecule has 2 amide bonds. The highest BCUT2D eigenvalue weighted by molar-refractivity contribution is 7.92. The van der Waals surface area contributed by atoms with E-state index in [-0.39, 0.29) is 24.1 Å². The van der Waals surface area contributed by atoms with Gasteiger partial charge in [-0.1, -0.05) is 61.9 Å². The number of sulfonamides is 1. The van der Waals surface area contributed by atoms with E-state index in [1.807, 2.05) is 61.5 Å². The maximum absolute atomic E-state index is 13.1. The second kappa shape index (κ2) is 11.5. The van der Waals surface area contributed by atoms with Crippen molar-refractivity contribution >= 4 is 50.2 Å². The maximum atomic E-state index is 13.1. The summed E-state index contributed by atoms with van der Waals surface area (Å²) in [6.07, 6.45) is 1.23. The van der Waals surface area contributed by atoms with Gasteiger partial charge >= 0.3 is 0 Å². The molecule has 3 aromatic carbocycles. The van der Waals surface area contributed by atoms with Gasteiger partial charge in [0.15, 0.2) is 0 Å². The SMILES string of the molecule is CCCCS(=O)(=O)N(CC(=O)N(C)C)c1ccc(NC(=C2C(=O)Nc3ccccc32)c2ccccc2)cc1. The third kappa shape index (κ3) is 5.89. The maximum Gasteiger partial charge on any atom is 0.258 e. The molecule has 0 spiro atoms. The molecule has 0 saturated carbocycles. The average molecular weight is 533 g/mol. The van der Waals surface area contributed by atoms with Crippen LogP contribution in [0.25, 0.3) is 11.3 Å². The van der Waals surface area contributed by atoms with Gasteiger partial charge in [-0.05, 0) is 42.3 Å². The molecule has 2 N–H and O–H groups in total. The summed E-state index contributed by atoms with van der Waals surface area (Å²) in [4.78, 5) is 26.9. The molecule has 0 fully saturated rings. The van der Waals surface area contributed by atoms with Crippen molar-refractivity contribution in [2.45, 2.75) is 19.8 Å². The van der Waals surface area contributed by atoms with E-state index in [2.05, 4.69) is 10.6 Å². The van der Waals surface area contributed by atoms with Crippen molar-refractivity contribution in [2.24, 2.45) is 0 Å². The van der Waals surface area contributed by atoms with Crippen LogP contribution in [0.5, 0.6) is 0 Å². The number of nitrogens with one attached hydrogen (secondary N) is 2. The molecule has 4 rings (SSSR count). The highest BCUT2D eigenvalue weighted by Gasteiger charge is 2.28. The predicted molar refractivity (Wildman–Crippen MR) is 153 cm³/mol. The van der Waals surface area contributed by atoms with Crippen LogP contribution >= 0.6 is 0 Å². The molecule has 1 aliphatic heterocycles. The standard InChI is InChI=1S/C29H32N4O4S/c1-4-5-19-38(36,37)33(20-26(34)32(2)3)23-17-15-22(16-18-23)30-28(21-11-7-6-8-12-21)27-24-13-9-10-14-25(24)31-29(27)35/h6-18,30H,4-5,19-20H2,1-3H3,(H,31,35). The Morgan fingerprint density at radius 2 is 1.58 bits per heavy atom. The van der Waals surface area contributed by atoms with E-state index in [1.165, 1.54) is 9.21 Å². The first kappa shape index (κ1) is 26.9. The van der Waals surface area contributed by atoms with Crippen molar-refractivity contribution in [3.8, 4) is 0 Å². The number of carbonyl (C=O) groups is 2. The zero-order valence-electron chi connectivity index (χ0n) is 21.8. The third-order valence-electron chi connectivity index (χ3n) is 6.28. The Labute approximate surface area is 224 Å². The number of amides is 2. The zero-order valence-corrected chi connectivity index (χ0v) is 22.6. The third-order valence-corrected chi connectivity index (χ3v) is 8.09. The average Bonchev–Trinajstić information content (AvgIpc) is 3.25. The molecule has 0 bridgehead atoms. The molecule has 0 unspecified atom stereocenters. The number of anilines is 3. The van der Waals surface area contributed by atoms with Gasteiger partial charge in [0.1, 0.15) is 6.54 Å². The lowest BCUT2D eigenvalue weighted by atomic mass is 10.00. The number of unbranched alkanes of at least 4 members (excludes halogenated alkanes) is 1. The van der Waals surface area contributed by atoms with Crippen LogP contribution in [0.3, 0.4) is 0 Å². The normalized spacial score (nSPS) is 13.9. The van der Waals surface area contributed by atoms with E-state index in [4.69, 9.17) is 0 Å². The van der Waals surface area contributed by atoms with Crippen LogP contribution in [0.4, 0.5) is 17.1 Å². The summed E-state index contributed by atoms with van der Waals surface area (Å²) in [5.74, 6) is -0.554. The summed E-state index contributed by atoms with van der Waals surface area (Å²) >= 11 is 0. The molecule has 0 atom stereocenters. The fourth-order valence-corrected chi connectivity index (χ4v) is 5.78. The van der Waals surface area contributed by atoms with E-state index in [0.717, 1.165) is 23.2 Å². The molecule has 3 aromatic rings. The molecule has 0 radical (unpaired) electrons. The fourth-order valence-electron chi connectivity index (χ4n) is 4.16. The van der Waals surface area contributed by atoms with Crippen LogP contribution < -0.4 is 14.9 Å². The molecule has 1 heterocycles. The van der Waals surface area contributed by atoms with Crippen LogP contribution in [-0.4, -0.2) is 51.5 Å².